The van der Waals surface area contributed by atoms with E-state index in [9.17, 15) is 0 Å². The molecule has 236 valence electrons. The third-order valence-electron chi connectivity index (χ3n) is 10.7. The Balaban J connectivity index is 1.32. The van der Waals surface area contributed by atoms with Crippen molar-refractivity contribution in [2.45, 2.75) is 0 Å². The summed E-state index contributed by atoms with van der Waals surface area (Å²) in [5.74, 6) is 0.934. The maximum atomic E-state index is 5.62. The van der Waals surface area contributed by atoms with E-state index >= 15 is 0 Å². The second-order valence-electron chi connectivity index (χ2n) is 13.5. The highest BCUT2D eigenvalue weighted by Crippen LogP contribution is 2.47. The van der Waals surface area contributed by atoms with Gasteiger partial charge in [-0.3, -0.25) is 4.57 Å². The highest BCUT2D eigenvalue weighted by molar-refractivity contribution is 6.33. The summed E-state index contributed by atoms with van der Waals surface area (Å²) in [5, 5.41) is 12.4. The molecule has 2 heteroatoms. The van der Waals surface area contributed by atoms with E-state index in [1.165, 1.54) is 76.1 Å². The zero-order valence-corrected chi connectivity index (χ0v) is 27.7. The molecule has 0 aliphatic carbocycles. The summed E-state index contributed by atoms with van der Waals surface area (Å²) >= 11 is 0. The Bertz CT molecular complexity index is 3100. The summed E-state index contributed by atoms with van der Waals surface area (Å²) in [4.78, 5) is 5.62. The molecule has 0 radical (unpaired) electrons. The van der Waals surface area contributed by atoms with Crippen LogP contribution >= 0.6 is 0 Å². The number of para-hydroxylation sites is 1. The molecule has 11 rings (SSSR count). The number of fused-ring (bicyclic) bond motifs is 5. The van der Waals surface area contributed by atoms with Crippen molar-refractivity contribution in [3.05, 3.63) is 182 Å². The lowest BCUT2D eigenvalue weighted by molar-refractivity contribution is 1.11. The van der Waals surface area contributed by atoms with Crippen molar-refractivity contribution in [3.8, 4) is 39.3 Å². The fraction of sp³-hybridized carbons (Fsp3) is 0. The Morgan fingerprint density at radius 1 is 0.353 bits per heavy atom. The zero-order valence-electron chi connectivity index (χ0n) is 27.7. The van der Waals surface area contributed by atoms with Crippen LogP contribution in [0.3, 0.4) is 0 Å². The third-order valence-corrected chi connectivity index (χ3v) is 10.7. The van der Waals surface area contributed by atoms with E-state index in [2.05, 4.69) is 187 Å². The topological polar surface area (TPSA) is 17.8 Å². The van der Waals surface area contributed by atoms with Gasteiger partial charge in [0.2, 0.25) is 0 Å². The lowest BCUT2D eigenvalue weighted by Crippen LogP contribution is -1.99. The normalized spacial score (nSPS) is 11.9. The number of imidazole rings is 1. The van der Waals surface area contributed by atoms with Crippen LogP contribution in [0, 0.1) is 0 Å². The summed E-state index contributed by atoms with van der Waals surface area (Å²) in [7, 11) is 0. The third kappa shape index (κ3) is 4.08. The first-order valence-corrected chi connectivity index (χ1v) is 17.6. The van der Waals surface area contributed by atoms with E-state index in [1.54, 1.807) is 0 Å². The van der Waals surface area contributed by atoms with Crippen molar-refractivity contribution in [1.82, 2.24) is 9.55 Å². The Kier molecular flexibility index (Phi) is 5.99. The van der Waals surface area contributed by atoms with Gasteiger partial charge in [0, 0.05) is 22.0 Å². The SMILES string of the molecule is c1ccc(-c2c3ccccc3c(-c3ccccc3)c3cc(-c4nc5c6cccc7ccc8cccc(c8c76)c5n4-c4ccccc4)ccc23)cc1. The Labute approximate surface area is 294 Å². The van der Waals surface area contributed by atoms with Crippen molar-refractivity contribution < 1.29 is 0 Å². The molecule has 0 amide bonds. The Morgan fingerprint density at radius 2 is 0.863 bits per heavy atom. The molecule has 11 aromatic rings. The fourth-order valence-electron chi connectivity index (χ4n) is 8.58. The van der Waals surface area contributed by atoms with Crippen LogP contribution in [0.25, 0.3) is 104 Å². The minimum absolute atomic E-state index is 0.934. The summed E-state index contributed by atoms with van der Waals surface area (Å²) in [6.07, 6.45) is 0. The summed E-state index contributed by atoms with van der Waals surface area (Å²) in [6, 6.07) is 66.1. The molecule has 0 atom stereocenters. The first kappa shape index (κ1) is 28.1. The molecule has 0 spiro atoms. The van der Waals surface area contributed by atoms with E-state index < -0.39 is 0 Å². The molecular weight excluding hydrogens is 617 g/mol. The van der Waals surface area contributed by atoms with Crippen molar-refractivity contribution in [1.29, 1.82) is 0 Å². The molecular formula is C49H30N2. The van der Waals surface area contributed by atoms with Crippen LogP contribution in [-0.4, -0.2) is 9.55 Å². The summed E-state index contributed by atoms with van der Waals surface area (Å²) in [6.45, 7) is 0. The molecule has 10 aromatic carbocycles. The van der Waals surface area contributed by atoms with Gasteiger partial charge in [-0.1, -0.05) is 164 Å². The van der Waals surface area contributed by atoms with Crippen LogP contribution < -0.4 is 0 Å². The number of nitrogens with zero attached hydrogens (tertiary/aromatic N) is 2. The smallest absolute Gasteiger partial charge is 0.145 e. The van der Waals surface area contributed by atoms with Gasteiger partial charge >= 0.3 is 0 Å². The molecule has 0 aliphatic heterocycles. The molecule has 0 fully saturated rings. The lowest BCUT2D eigenvalue weighted by Gasteiger charge is -2.19. The molecule has 1 heterocycles. The molecule has 51 heavy (non-hydrogen) atoms. The van der Waals surface area contributed by atoms with Crippen LogP contribution in [0.4, 0.5) is 0 Å². The van der Waals surface area contributed by atoms with Crippen LogP contribution in [0.15, 0.2) is 182 Å². The summed E-state index contributed by atoms with van der Waals surface area (Å²) in [5.41, 5.74) is 9.25. The Hall–Kier alpha value is -6.77. The highest BCUT2D eigenvalue weighted by Gasteiger charge is 2.23. The van der Waals surface area contributed by atoms with Crippen LogP contribution in [0.2, 0.25) is 0 Å². The van der Waals surface area contributed by atoms with Gasteiger partial charge in [-0.05, 0) is 83.5 Å². The predicted octanol–water partition coefficient (Wildman–Crippen LogP) is 13.2. The monoisotopic (exact) mass is 646 g/mol. The van der Waals surface area contributed by atoms with Gasteiger partial charge in [0.1, 0.15) is 5.82 Å². The average molecular weight is 647 g/mol. The van der Waals surface area contributed by atoms with Gasteiger partial charge < -0.3 is 0 Å². The zero-order chi connectivity index (χ0) is 33.5. The first-order valence-electron chi connectivity index (χ1n) is 17.6. The molecule has 1 aromatic heterocycles. The first-order chi connectivity index (χ1) is 25.3. The minimum atomic E-state index is 0.934. The van der Waals surface area contributed by atoms with Gasteiger partial charge in [-0.15, -0.1) is 0 Å². The largest absolute Gasteiger partial charge is 0.292 e. The highest BCUT2D eigenvalue weighted by atomic mass is 15.1. The molecule has 0 bridgehead atoms. The van der Waals surface area contributed by atoms with E-state index in [1.807, 2.05) is 0 Å². The van der Waals surface area contributed by atoms with Crippen molar-refractivity contribution in [2.75, 3.05) is 0 Å². The number of hydrogen-bond donors (Lipinski definition) is 0. The fourth-order valence-corrected chi connectivity index (χ4v) is 8.58. The van der Waals surface area contributed by atoms with E-state index in [-0.39, 0.29) is 0 Å². The lowest BCUT2D eigenvalue weighted by atomic mass is 9.85. The molecule has 0 saturated heterocycles. The maximum absolute atomic E-state index is 5.62. The van der Waals surface area contributed by atoms with Crippen molar-refractivity contribution in [2.24, 2.45) is 0 Å². The number of aromatic nitrogens is 2. The summed E-state index contributed by atoms with van der Waals surface area (Å²) < 4.78 is 2.39. The molecule has 0 saturated carbocycles. The predicted molar refractivity (Wildman–Crippen MR) is 216 cm³/mol. The number of rotatable bonds is 4. The van der Waals surface area contributed by atoms with Gasteiger partial charge in [-0.25, -0.2) is 4.98 Å². The van der Waals surface area contributed by atoms with Gasteiger partial charge in [0.05, 0.1) is 11.0 Å². The van der Waals surface area contributed by atoms with Gasteiger partial charge in [0.15, 0.2) is 0 Å². The van der Waals surface area contributed by atoms with Crippen LogP contribution in [-0.2, 0) is 0 Å². The van der Waals surface area contributed by atoms with E-state index in [0.29, 0.717) is 0 Å². The van der Waals surface area contributed by atoms with Crippen molar-refractivity contribution in [3.63, 3.8) is 0 Å². The molecule has 0 N–H and O–H groups in total. The molecule has 2 nitrogen and oxygen atoms in total. The maximum Gasteiger partial charge on any atom is 0.145 e. The van der Waals surface area contributed by atoms with E-state index in [4.69, 9.17) is 4.98 Å². The minimum Gasteiger partial charge on any atom is -0.292 e. The van der Waals surface area contributed by atoms with Gasteiger partial charge in [0.25, 0.3) is 0 Å². The van der Waals surface area contributed by atoms with Gasteiger partial charge in [-0.2, -0.15) is 0 Å². The van der Waals surface area contributed by atoms with Crippen molar-refractivity contribution >= 4 is 64.9 Å². The molecule has 0 aliphatic rings. The van der Waals surface area contributed by atoms with E-state index in [0.717, 1.165) is 28.1 Å². The standard InChI is InChI=1S/C49H30N2/c1-4-14-31(15-5-1)43-37-22-10-11-23-38(37)44(32-16-6-2-7-17-32)42-30-35(28-29-39(42)43)49-50-47-40-24-12-18-33-26-27-34-19-13-25-41(46(34)45(33)40)48(47)51(49)36-20-8-3-9-21-36/h1-30H. The average Bonchev–Trinajstić information content (AvgIpc) is 3.61. The molecule has 0 unspecified atom stereocenters. The quantitative estimate of drug-likeness (QED) is 0.137. The second-order valence-corrected chi connectivity index (χ2v) is 13.5. The van der Waals surface area contributed by atoms with Crippen LogP contribution in [0.1, 0.15) is 0 Å². The Morgan fingerprint density at radius 3 is 1.51 bits per heavy atom. The number of hydrogen-bond acceptors (Lipinski definition) is 1. The second kappa shape index (κ2) is 10.9. The van der Waals surface area contributed by atoms with Crippen LogP contribution in [0.5, 0.6) is 0 Å². The number of benzene rings is 10.